The summed E-state index contributed by atoms with van der Waals surface area (Å²) in [6, 6.07) is 7.87. The summed E-state index contributed by atoms with van der Waals surface area (Å²) in [5.74, 6) is -0.171. The summed E-state index contributed by atoms with van der Waals surface area (Å²) >= 11 is 3.21. The highest BCUT2D eigenvalue weighted by Gasteiger charge is 2.20. The first-order valence-electron chi connectivity index (χ1n) is 6.70. The van der Waals surface area contributed by atoms with Gasteiger partial charge in [-0.15, -0.1) is 0 Å². The van der Waals surface area contributed by atoms with Gasteiger partial charge in [0.05, 0.1) is 0 Å². The molecular formula is C15H14BrF2N3. The van der Waals surface area contributed by atoms with Gasteiger partial charge in [0.2, 0.25) is 0 Å². The third kappa shape index (κ3) is 3.15. The van der Waals surface area contributed by atoms with Gasteiger partial charge in [-0.25, -0.2) is 13.8 Å². The van der Waals surface area contributed by atoms with E-state index in [1.54, 1.807) is 18.3 Å². The van der Waals surface area contributed by atoms with E-state index in [-0.39, 0.29) is 11.6 Å². The van der Waals surface area contributed by atoms with Crippen molar-refractivity contribution in [1.82, 2.24) is 4.98 Å². The zero-order valence-corrected chi connectivity index (χ0v) is 12.9. The average molecular weight is 354 g/mol. The van der Waals surface area contributed by atoms with Crippen LogP contribution in [0, 0.1) is 11.6 Å². The Morgan fingerprint density at radius 1 is 0.952 bits per heavy atom. The van der Waals surface area contributed by atoms with Crippen LogP contribution >= 0.6 is 15.9 Å². The number of aromatic nitrogens is 1. The Morgan fingerprint density at radius 3 is 2.19 bits per heavy atom. The summed E-state index contributed by atoms with van der Waals surface area (Å²) in [5, 5.41) is 0. The number of rotatable bonds is 2. The fourth-order valence-corrected chi connectivity index (χ4v) is 2.77. The smallest absolute Gasteiger partial charge is 0.166 e. The van der Waals surface area contributed by atoms with E-state index in [1.165, 1.54) is 18.2 Å². The highest BCUT2D eigenvalue weighted by atomic mass is 79.9. The maximum atomic E-state index is 13.9. The predicted octanol–water partition coefficient (Wildman–Crippen LogP) is 3.45. The fraction of sp³-hybridized carbons (Fsp3) is 0.267. The second-order valence-electron chi connectivity index (χ2n) is 4.91. The van der Waals surface area contributed by atoms with Crippen molar-refractivity contribution >= 4 is 27.4 Å². The number of pyridine rings is 1. The van der Waals surface area contributed by atoms with E-state index in [0.29, 0.717) is 23.4 Å². The molecule has 0 spiro atoms. The Balaban J connectivity index is 1.68. The van der Waals surface area contributed by atoms with Crippen molar-refractivity contribution in [1.29, 1.82) is 0 Å². The molecule has 21 heavy (non-hydrogen) atoms. The quantitative estimate of drug-likeness (QED) is 0.824. The molecular weight excluding hydrogens is 340 g/mol. The van der Waals surface area contributed by atoms with Gasteiger partial charge in [0.1, 0.15) is 5.82 Å². The van der Waals surface area contributed by atoms with Crippen molar-refractivity contribution in [3.63, 3.8) is 0 Å². The molecule has 0 aliphatic carbocycles. The molecule has 110 valence electrons. The Bertz CT molecular complexity index is 625. The van der Waals surface area contributed by atoms with Gasteiger partial charge in [-0.1, -0.05) is 0 Å². The summed E-state index contributed by atoms with van der Waals surface area (Å²) in [4.78, 5) is 8.24. The van der Waals surface area contributed by atoms with Gasteiger partial charge >= 0.3 is 0 Å². The van der Waals surface area contributed by atoms with E-state index in [9.17, 15) is 8.78 Å². The largest absolute Gasteiger partial charge is 0.368 e. The van der Waals surface area contributed by atoms with Crippen LogP contribution in [0.2, 0.25) is 0 Å². The van der Waals surface area contributed by atoms with Gasteiger partial charge in [0.15, 0.2) is 11.6 Å². The molecule has 0 saturated carbocycles. The Kier molecular flexibility index (Phi) is 4.05. The monoisotopic (exact) mass is 353 g/mol. The number of hydrogen-bond acceptors (Lipinski definition) is 3. The number of anilines is 2. The van der Waals surface area contributed by atoms with Gasteiger partial charge in [0.25, 0.3) is 0 Å². The standard InChI is InChI=1S/C15H14BrF2N3/c16-11-9-14(18)15(19-10-11)21-7-5-20(6-8-21)13-3-1-12(17)2-4-13/h1-4,9-10H,5-8H2. The van der Waals surface area contributed by atoms with Crippen LogP contribution in [0.15, 0.2) is 41.0 Å². The molecule has 2 aromatic rings. The number of hydrogen-bond donors (Lipinski definition) is 0. The number of halogens is 3. The highest BCUT2D eigenvalue weighted by molar-refractivity contribution is 9.10. The third-order valence-electron chi connectivity index (χ3n) is 3.56. The number of nitrogens with zero attached hydrogens (tertiary/aromatic N) is 3. The van der Waals surface area contributed by atoms with E-state index >= 15 is 0 Å². The molecule has 1 aliphatic heterocycles. The Morgan fingerprint density at radius 2 is 1.57 bits per heavy atom. The fourth-order valence-electron chi connectivity index (χ4n) is 2.47. The van der Waals surface area contributed by atoms with E-state index < -0.39 is 0 Å². The van der Waals surface area contributed by atoms with E-state index in [1.807, 2.05) is 4.90 Å². The van der Waals surface area contributed by atoms with Gasteiger partial charge in [-0.2, -0.15) is 0 Å². The molecule has 0 atom stereocenters. The van der Waals surface area contributed by atoms with Gasteiger partial charge < -0.3 is 9.80 Å². The molecule has 0 unspecified atom stereocenters. The van der Waals surface area contributed by atoms with Crippen LogP contribution in [0.1, 0.15) is 0 Å². The predicted molar refractivity (Wildman–Crippen MR) is 82.7 cm³/mol. The first kappa shape index (κ1) is 14.3. The lowest BCUT2D eigenvalue weighted by Crippen LogP contribution is -2.47. The first-order chi connectivity index (χ1) is 10.1. The molecule has 0 N–H and O–H groups in total. The van der Waals surface area contributed by atoms with Crippen molar-refractivity contribution in [2.75, 3.05) is 36.0 Å². The van der Waals surface area contributed by atoms with Crippen LogP contribution in [0.5, 0.6) is 0 Å². The first-order valence-corrected chi connectivity index (χ1v) is 7.49. The topological polar surface area (TPSA) is 19.4 Å². The zero-order valence-electron chi connectivity index (χ0n) is 11.3. The lowest BCUT2D eigenvalue weighted by Gasteiger charge is -2.36. The summed E-state index contributed by atoms with van der Waals surface area (Å²) in [7, 11) is 0. The average Bonchev–Trinajstić information content (AvgIpc) is 2.48. The lowest BCUT2D eigenvalue weighted by molar-refractivity contribution is 0.587. The van der Waals surface area contributed by atoms with Crippen LogP contribution in [-0.4, -0.2) is 31.2 Å². The second-order valence-corrected chi connectivity index (χ2v) is 5.83. The molecule has 3 nitrogen and oxygen atoms in total. The van der Waals surface area contributed by atoms with E-state index in [4.69, 9.17) is 0 Å². The minimum absolute atomic E-state index is 0.237. The summed E-state index contributed by atoms with van der Waals surface area (Å²) in [5.41, 5.74) is 0.986. The van der Waals surface area contributed by atoms with Gasteiger partial charge in [-0.05, 0) is 46.3 Å². The molecule has 0 radical (unpaired) electrons. The molecule has 1 aliphatic rings. The minimum atomic E-state index is -0.320. The van der Waals surface area contributed by atoms with Crippen molar-refractivity contribution in [2.45, 2.75) is 0 Å². The zero-order chi connectivity index (χ0) is 14.8. The second kappa shape index (κ2) is 5.97. The SMILES string of the molecule is Fc1ccc(N2CCN(c3ncc(Br)cc3F)CC2)cc1. The number of benzene rings is 1. The molecule has 1 aromatic carbocycles. The molecule has 6 heteroatoms. The lowest BCUT2D eigenvalue weighted by atomic mass is 10.2. The molecule has 1 fully saturated rings. The molecule has 0 bridgehead atoms. The van der Waals surface area contributed by atoms with Gasteiger partial charge in [0, 0.05) is 42.5 Å². The maximum absolute atomic E-state index is 13.9. The molecule has 3 rings (SSSR count). The molecule has 1 aromatic heterocycles. The minimum Gasteiger partial charge on any atom is -0.368 e. The molecule has 2 heterocycles. The van der Waals surface area contributed by atoms with Crippen LogP contribution in [0.3, 0.4) is 0 Å². The van der Waals surface area contributed by atoms with Crippen LogP contribution in [0.4, 0.5) is 20.3 Å². The van der Waals surface area contributed by atoms with E-state index in [2.05, 4.69) is 25.8 Å². The third-order valence-corrected chi connectivity index (χ3v) is 3.99. The Labute approximate surface area is 130 Å². The Hall–Kier alpha value is -1.69. The van der Waals surface area contributed by atoms with Crippen LogP contribution in [0.25, 0.3) is 0 Å². The summed E-state index contributed by atoms with van der Waals surface area (Å²) in [6.07, 6.45) is 1.60. The van der Waals surface area contributed by atoms with Crippen molar-refractivity contribution in [3.05, 3.63) is 52.6 Å². The maximum Gasteiger partial charge on any atom is 0.166 e. The van der Waals surface area contributed by atoms with Gasteiger partial charge in [-0.3, -0.25) is 0 Å². The molecule has 0 amide bonds. The molecule has 1 saturated heterocycles. The van der Waals surface area contributed by atoms with Crippen LogP contribution in [-0.2, 0) is 0 Å². The van der Waals surface area contributed by atoms with Crippen molar-refractivity contribution in [3.8, 4) is 0 Å². The van der Waals surface area contributed by atoms with Crippen molar-refractivity contribution in [2.24, 2.45) is 0 Å². The summed E-state index contributed by atoms with van der Waals surface area (Å²) in [6.45, 7) is 2.87. The van der Waals surface area contributed by atoms with Crippen molar-refractivity contribution < 1.29 is 8.78 Å². The number of piperazine rings is 1. The normalized spacial score (nSPS) is 15.4. The highest BCUT2D eigenvalue weighted by Crippen LogP contribution is 2.23. The summed E-state index contributed by atoms with van der Waals surface area (Å²) < 4.78 is 27.5. The van der Waals surface area contributed by atoms with E-state index in [0.717, 1.165) is 18.8 Å². The van der Waals surface area contributed by atoms with Crippen LogP contribution < -0.4 is 9.80 Å².